The topological polar surface area (TPSA) is 54.9 Å². The van der Waals surface area contributed by atoms with Crippen molar-refractivity contribution < 1.29 is 0 Å². The van der Waals surface area contributed by atoms with Crippen LogP contribution in [-0.2, 0) is 13.0 Å². The molecule has 4 nitrogen and oxygen atoms in total. The van der Waals surface area contributed by atoms with Crippen molar-refractivity contribution in [1.82, 2.24) is 9.55 Å². The van der Waals surface area contributed by atoms with Crippen molar-refractivity contribution in [3.8, 4) is 0 Å². The fourth-order valence-corrected chi connectivity index (χ4v) is 2.40. The van der Waals surface area contributed by atoms with Gasteiger partial charge in [-0.25, -0.2) is 4.79 Å². The summed E-state index contributed by atoms with van der Waals surface area (Å²) in [6.45, 7) is 0.393. The van der Waals surface area contributed by atoms with Crippen LogP contribution in [0.25, 0.3) is 0 Å². The van der Waals surface area contributed by atoms with E-state index in [0.717, 1.165) is 5.56 Å². The van der Waals surface area contributed by atoms with Crippen LogP contribution in [0.4, 0.5) is 0 Å². The van der Waals surface area contributed by atoms with Gasteiger partial charge in [-0.2, -0.15) is 11.3 Å². The lowest BCUT2D eigenvalue weighted by Gasteiger charge is -2.03. The SMILES string of the molecule is O=c1[nH]cc(Br)c(=O)n1CCc1ccsc1. The van der Waals surface area contributed by atoms with E-state index in [0.29, 0.717) is 17.4 Å². The molecule has 0 saturated carbocycles. The third kappa shape index (κ3) is 2.33. The Balaban J connectivity index is 2.25. The van der Waals surface area contributed by atoms with Crippen molar-refractivity contribution in [3.05, 3.63) is 53.9 Å². The molecule has 0 saturated heterocycles. The molecule has 2 heterocycles. The minimum Gasteiger partial charge on any atom is -0.313 e. The first kappa shape index (κ1) is 11.3. The van der Waals surface area contributed by atoms with Crippen molar-refractivity contribution >= 4 is 27.3 Å². The predicted octanol–water partition coefficient (Wildman–Crippen LogP) is 1.60. The van der Waals surface area contributed by atoms with Crippen molar-refractivity contribution in [2.45, 2.75) is 13.0 Å². The third-order valence-electron chi connectivity index (χ3n) is 2.22. The summed E-state index contributed by atoms with van der Waals surface area (Å²) in [5.41, 5.74) is 0.471. The maximum atomic E-state index is 11.6. The van der Waals surface area contributed by atoms with Crippen LogP contribution in [0.15, 0.2) is 37.1 Å². The fourth-order valence-electron chi connectivity index (χ4n) is 1.36. The number of H-pyrrole nitrogens is 1. The molecule has 6 heteroatoms. The second-order valence-electron chi connectivity index (χ2n) is 3.28. The third-order valence-corrected chi connectivity index (χ3v) is 3.52. The second kappa shape index (κ2) is 4.80. The summed E-state index contributed by atoms with van der Waals surface area (Å²) in [5, 5.41) is 3.99. The molecule has 0 spiro atoms. The smallest absolute Gasteiger partial charge is 0.313 e. The lowest BCUT2D eigenvalue weighted by Crippen LogP contribution is -2.35. The number of hydrogen-bond acceptors (Lipinski definition) is 3. The highest BCUT2D eigenvalue weighted by atomic mass is 79.9. The molecule has 0 unspecified atom stereocenters. The second-order valence-corrected chi connectivity index (χ2v) is 4.91. The van der Waals surface area contributed by atoms with Gasteiger partial charge in [-0.15, -0.1) is 0 Å². The molecule has 1 N–H and O–H groups in total. The van der Waals surface area contributed by atoms with Gasteiger partial charge in [-0.1, -0.05) is 0 Å². The number of nitrogens with one attached hydrogen (secondary N) is 1. The summed E-state index contributed by atoms with van der Waals surface area (Å²) in [4.78, 5) is 25.6. The monoisotopic (exact) mass is 300 g/mol. The number of aryl methyl sites for hydroxylation is 1. The number of thiophene rings is 1. The minimum absolute atomic E-state index is 0.293. The van der Waals surface area contributed by atoms with Gasteiger partial charge >= 0.3 is 5.69 Å². The number of nitrogens with zero attached hydrogens (tertiary/aromatic N) is 1. The van der Waals surface area contributed by atoms with Crippen LogP contribution in [0, 0.1) is 0 Å². The molecular weight excluding hydrogens is 292 g/mol. The fraction of sp³-hybridized carbons (Fsp3) is 0.200. The van der Waals surface area contributed by atoms with Gasteiger partial charge < -0.3 is 4.98 Å². The van der Waals surface area contributed by atoms with E-state index in [1.54, 1.807) is 11.3 Å². The molecule has 0 atom stereocenters. The Morgan fingerprint density at radius 3 is 2.94 bits per heavy atom. The van der Waals surface area contributed by atoms with Gasteiger partial charge in [0.15, 0.2) is 0 Å². The van der Waals surface area contributed by atoms with E-state index in [2.05, 4.69) is 20.9 Å². The van der Waals surface area contributed by atoms with E-state index in [-0.39, 0.29) is 11.2 Å². The van der Waals surface area contributed by atoms with Crippen LogP contribution in [-0.4, -0.2) is 9.55 Å². The molecule has 0 fully saturated rings. The number of aromatic nitrogens is 2. The molecule has 2 aromatic heterocycles. The highest BCUT2D eigenvalue weighted by Gasteiger charge is 2.05. The van der Waals surface area contributed by atoms with Gasteiger partial charge in [0.1, 0.15) is 0 Å². The largest absolute Gasteiger partial charge is 0.328 e. The average Bonchev–Trinajstić information content (AvgIpc) is 2.77. The average molecular weight is 301 g/mol. The van der Waals surface area contributed by atoms with E-state index in [1.807, 2.05) is 16.8 Å². The molecule has 0 aromatic carbocycles. The van der Waals surface area contributed by atoms with Crippen LogP contribution < -0.4 is 11.2 Å². The quantitative estimate of drug-likeness (QED) is 0.936. The van der Waals surface area contributed by atoms with Gasteiger partial charge in [0.2, 0.25) is 0 Å². The van der Waals surface area contributed by atoms with E-state index in [4.69, 9.17) is 0 Å². The summed E-state index contributed by atoms with van der Waals surface area (Å²) in [6, 6.07) is 1.99. The molecule has 2 aromatic rings. The Morgan fingerprint density at radius 1 is 1.44 bits per heavy atom. The number of hydrogen-bond donors (Lipinski definition) is 1. The number of halogens is 1. The van der Waals surface area contributed by atoms with Crippen molar-refractivity contribution in [3.63, 3.8) is 0 Å². The van der Waals surface area contributed by atoms with E-state index in [1.165, 1.54) is 10.8 Å². The predicted molar refractivity (Wildman–Crippen MR) is 67.0 cm³/mol. The van der Waals surface area contributed by atoms with Crippen LogP contribution >= 0.6 is 27.3 Å². The molecule has 0 aliphatic carbocycles. The first-order valence-electron chi connectivity index (χ1n) is 4.67. The highest BCUT2D eigenvalue weighted by molar-refractivity contribution is 9.10. The molecule has 0 aliphatic heterocycles. The minimum atomic E-state index is -0.372. The normalized spacial score (nSPS) is 10.6. The van der Waals surface area contributed by atoms with E-state index < -0.39 is 0 Å². The van der Waals surface area contributed by atoms with Crippen LogP contribution in [0.3, 0.4) is 0 Å². The molecule has 0 aliphatic rings. The van der Waals surface area contributed by atoms with Gasteiger partial charge in [0.05, 0.1) is 4.47 Å². The Kier molecular flexibility index (Phi) is 3.40. The van der Waals surface area contributed by atoms with E-state index >= 15 is 0 Å². The van der Waals surface area contributed by atoms with Crippen molar-refractivity contribution in [2.75, 3.05) is 0 Å². The van der Waals surface area contributed by atoms with Crippen LogP contribution in [0.2, 0.25) is 0 Å². The lowest BCUT2D eigenvalue weighted by molar-refractivity contribution is 0.625. The maximum absolute atomic E-state index is 11.6. The zero-order valence-corrected chi connectivity index (χ0v) is 10.7. The van der Waals surface area contributed by atoms with Crippen molar-refractivity contribution in [1.29, 1.82) is 0 Å². The van der Waals surface area contributed by atoms with E-state index in [9.17, 15) is 9.59 Å². The van der Waals surface area contributed by atoms with Gasteiger partial charge in [0, 0.05) is 12.7 Å². The number of rotatable bonds is 3. The Labute approximate surface area is 104 Å². The Hall–Kier alpha value is -1.14. The summed E-state index contributed by atoms with van der Waals surface area (Å²) in [5.74, 6) is 0. The summed E-state index contributed by atoms with van der Waals surface area (Å²) in [6.07, 6.45) is 2.05. The molecule has 84 valence electrons. The highest BCUT2D eigenvalue weighted by Crippen LogP contribution is 2.06. The Bertz CT molecular complexity index is 586. The Morgan fingerprint density at radius 2 is 2.25 bits per heavy atom. The molecule has 0 amide bonds. The number of aromatic amines is 1. The van der Waals surface area contributed by atoms with Gasteiger partial charge in [0.25, 0.3) is 5.56 Å². The lowest BCUT2D eigenvalue weighted by atomic mass is 10.2. The zero-order chi connectivity index (χ0) is 11.5. The molecular formula is C10H9BrN2O2S. The van der Waals surface area contributed by atoms with Crippen molar-refractivity contribution in [2.24, 2.45) is 0 Å². The molecule has 0 radical (unpaired) electrons. The summed E-state index contributed by atoms with van der Waals surface area (Å²) < 4.78 is 1.57. The summed E-state index contributed by atoms with van der Waals surface area (Å²) in [7, 11) is 0. The van der Waals surface area contributed by atoms with Gasteiger partial charge in [-0.3, -0.25) is 9.36 Å². The van der Waals surface area contributed by atoms with Gasteiger partial charge in [-0.05, 0) is 44.7 Å². The molecule has 2 rings (SSSR count). The standard InChI is InChI=1S/C10H9BrN2O2S/c11-8-5-12-10(15)13(9(8)14)3-1-7-2-4-16-6-7/h2,4-6H,1,3H2,(H,12,15). The zero-order valence-electron chi connectivity index (χ0n) is 8.27. The maximum Gasteiger partial charge on any atom is 0.328 e. The van der Waals surface area contributed by atoms with Crippen LogP contribution in [0.5, 0.6) is 0 Å². The molecule has 16 heavy (non-hydrogen) atoms. The molecule has 0 bridgehead atoms. The summed E-state index contributed by atoms with van der Waals surface area (Å²) >= 11 is 4.70. The van der Waals surface area contributed by atoms with Crippen LogP contribution in [0.1, 0.15) is 5.56 Å². The first-order valence-corrected chi connectivity index (χ1v) is 6.41. The first-order chi connectivity index (χ1) is 7.68.